The van der Waals surface area contributed by atoms with Gasteiger partial charge in [0.15, 0.2) is 0 Å². The van der Waals surface area contributed by atoms with E-state index in [-0.39, 0.29) is 4.90 Å². The topological polar surface area (TPSA) is 61.2 Å². The number of fused-ring (bicyclic) bond motifs is 10. The van der Waals surface area contributed by atoms with E-state index in [1.165, 1.54) is 3.97 Å². The van der Waals surface area contributed by atoms with Crippen LogP contribution in [0.1, 0.15) is 36.2 Å². The Morgan fingerprint density at radius 1 is 0.933 bits per heavy atom. The summed E-state index contributed by atoms with van der Waals surface area (Å²) in [4.78, 5) is 4.47. The fourth-order valence-corrected chi connectivity index (χ4v) is 7.20. The van der Waals surface area contributed by atoms with Crippen LogP contribution in [0.2, 0.25) is 5.15 Å². The molecule has 30 heavy (non-hydrogen) atoms. The number of para-hydroxylation sites is 1. The molecule has 150 valence electrons. The Kier molecular flexibility index (Phi) is 3.33. The highest BCUT2D eigenvalue weighted by Crippen LogP contribution is 2.64. The first-order valence-electron chi connectivity index (χ1n) is 9.61. The van der Waals surface area contributed by atoms with Crippen LogP contribution in [0.3, 0.4) is 0 Å². The Morgan fingerprint density at radius 2 is 1.63 bits per heavy atom. The number of rotatable bonds is 2. The Bertz CT molecular complexity index is 1480. The molecule has 2 aromatic carbocycles. The fraction of sp³-hybridized carbons (Fsp3) is 0.174. The lowest BCUT2D eigenvalue weighted by atomic mass is 9.77. The third-order valence-electron chi connectivity index (χ3n) is 6.35. The number of halogens is 1. The zero-order valence-electron chi connectivity index (χ0n) is 16.3. The van der Waals surface area contributed by atoms with Crippen molar-refractivity contribution in [3.63, 3.8) is 0 Å². The van der Waals surface area contributed by atoms with Gasteiger partial charge in [0.1, 0.15) is 16.4 Å². The standard InChI is InChI=1S/C23H17ClN2O3S/c1-22-16-12-13-25-21(24)19(16)23(2,29-22)20-18(22)15-10-6-7-11-17(15)26(20)30(27,28)14-8-4-3-5-9-14/h3-13H,1-2H3/t22-,23+/m0/s1. The van der Waals surface area contributed by atoms with Gasteiger partial charge in [-0.15, -0.1) is 0 Å². The van der Waals surface area contributed by atoms with Crippen LogP contribution < -0.4 is 0 Å². The van der Waals surface area contributed by atoms with Crippen LogP contribution in [-0.4, -0.2) is 17.4 Å². The van der Waals surface area contributed by atoms with Crippen molar-refractivity contribution in [2.75, 3.05) is 0 Å². The van der Waals surface area contributed by atoms with Crippen molar-refractivity contribution in [3.05, 3.63) is 94.4 Å². The summed E-state index contributed by atoms with van der Waals surface area (Å²) < 4.78 is 35.7. The monoisotopic (exact) mass is 436 g/mol. The molecule has 6 rings (SSSR count). The fourth-order valence-electron chi connectivity index (χ4n) is 5.23. The summed E-state index contributed by atoms with van der Waals surface area (Å²) in [6, 6.07) is 17.9. The van der Waals surface area contributed by atoms with Crippen LogP contribution in [0.4, 0.5) is 0 Å². The molecule has 2 aromatic heterocycles. The molecular weight excluding hydrogens is 420 g/mol. The first-order chi connectivity index (χ1) is 14.3. The predicted octanol–water partition coefficient (Wildman–Crippen LogP) is 4.80. The van der Waals surface area contributed by atoms with Crippen molar-refractivity contribution in [2.45, 2.75) is 29.9 Å². The molecule has 2 atom stereocenters. The van der Waals surface area contributed by atoms with Crippen molar-refractivity contribution in [1.82, 2.24) is 8.96 Å². The molecule has 0 fully saturated rings. The van der Waals surface area contributed by atoms with Crippen LogP contribution in [0.25, 0.3) is 10.9 Å². The molecule has 2 aliphatic heterocycles. The molecule has 0 spiro atoms. The highest BCUT2D eigenvalue weighted by atomic mass is 35.5. The second-order valence-electron chi connectivity index (χ2n) is 8.02. The van der Waals surface area contributed by atoms with Gasteiger partial charge in [-0.25, -0.2) is 17.4 Å². The van der Waals surface area contributed by atoms with Gasteiger partial charge in [-0.3, -0.25) is 0 Å². The first-order valence-corrected chi connectivity index (χ1v) is 11.4. The highest BCUT2D eigenvalue weighted by molar-refractivity contribution is 7.90. The molecule has 0 saturated carbocycles. The van der Waals surface area contributed by atoms with Gasteiger partial charge in [0.05, 0.1) is 16.1 Å². The number of nitrogens with zero attached hydrogens (tertiary/aromatic N) is 2. The second-order valence-corrected chi connectivity index (χ2v) is 10.2. The minimum absolute atomic E-state index is 0.225. The quantitative estimate of drug-likeness (QED) is 0.423. The van der Waals surface area contributed by atoms with Gasteiger partial charge >= 0.3 is 0 Å². The van der Waals surface area contributed by atoms with Gasteiger partial charge in [-0.05, 0) is 43.7 Å². The lowest BCUT2D eigenvalue weighted by molar-refractivity contribution is -0.0530. The Morgan fingerprint density at radius 3 is 2.40 bits per heavy atom. The van der Waals surface area contributed by atoms with Crippen LogP contribution in [0, 0.1) is 0 Å². The number of ether oxygens (including phenoxy) is 1. The highest BCUT2D eigenvalue weighted by Gasteiger charge is 2.63. The van der Waals surface area contributed by atoms with E-state index in [1.807, 2.05) is 44.2 Å². The van der Waals surface area contributed by atoms with Crippen LogP contribution in [-0.2, 0) is 26.0 Å². The van der Waals surface area contributed by atoms with E-state index in [0.29, 0.717) is 16.4 Å². The van der Waals surface area contributed by atoms with Gasteiger partial charge in [-0.2, -0.15) is 0 Å². The van der Waals surface area contributed by atoms with Gasteiger partial charge in [-0.1, -0.05) is 48.0 Å². The molecule has 5 nitrogen and oxygen atoms in total. The Labute approximate surface area is 178 Å². The summed E-state index contributed by atoms with van der Waals surface area (Å²) in [5, 5.41) is 1.19. The average molecular weight is 437 g/mol. The molecule has 2 bridgehead atoms. The first kappa shape index (κ1) is 18.1. The van der Waals surface area contributed by atoms with Crippen LogP contribution in [0.15, 0.2) is 71.8 Å². The molecule has 0 amide bonds. The molecular formula is C23H17ClN2O3S. The largest absolute Gasteiger partial charge is 0.348 e. The molecule has 0 radical (unpaired) electrons. The molecule has 0 saturated heterocycles. The summed E-state index contributed by atoms with van der Waals surface area (Å²) in [5.41, 5.74) is 1.90. The summed E-state index contributed by atoms with van der Waals surface area (Å²) in [7, 11) is -3.88. The third kappa shape index (κ3) is 1.92. The summed E-state index contributed by atoms with van der Waals surface area (Å²) in [6.45, 7) is 3.86. The zero-order chi connectivity index (χ0) is 20.9. The Hall–Kier alpha value is -2.67. The number of aromatic nitrogens is 2. The molecule has 4 heterocycles. The Balaban J connectivity index is 1.80. The lowest BCUT2D eigenvalue weighted by Crippen LogP contribution is -2.28. The smallest absolute Gasteiger partial charge is 0.268 e. The zero-order valence-corrected chi connectivity index (χ0v) is 17.8. The van der Waals surface area contributed by atoms with E-state index in [1.54, 1.807) is 36.5 Å². The SMILES string of the molecule is C[C@]12O[C@](C)(c3c1ccnc3Cl)c1c2c2ccccc2n1S(=O)(=O)c1ccccc1. The van der Waals surface area contributed by atoms with E-state index >= 15 is 0 Å². The third-order valence-corrected chi connectivity index (χ3v) is 8.36. The molecule has 0 N–H and O–H groups in total. The van der Waals surface area contributed by atoms with Gasteiger partial charge < -0.3 is 4.74 Å². The predicted molar refractivity (Wildman–Crippen MR) is 114 cm³/mol. The van der Waals surface area contributed by atoms with Crippen molar-refractivity contribution in [1.29, 1.82) is 0 Å². The summed E-state index contributed by atoms with van der Waals surface area (Å²) in [6.07, 6.45) is 1.67. The van der Waals surface area contributed by atoms with Crippen molar-refractivity contribution in [2.24, 2.45) is 0 Å². The van der Waals surface area contributed by atoms with Crippen molar-refractivity contribution in [3.8, 4) is 0 Å². The molecule has 7 heteroatoms. The number of hydrogen-bond acceptors (Lipinski definition) is 4. The van der Waals surface area contributed by atoms with Gasteiger partial charge in [0, 0.05) is 22.7 Å². The number of benzene rings is 2. The van der Waals surface area contributed by atoms with E-state index < -0.39 is 21.2 Å². The summed E-state index contributed by atoms with van der Waals surface area (Å²) in [5.74, 6) is 0. The maximum absolute atomic E-state index is 13.8. The summed E-state index contributed by atoms with van der Waals surface area (Å²) >= 11 is 6.51. The molecule has 2 aliphatic rings. The van der Waals surface area contributed by atoms with Gasteiger partial charge in [0.25, 0.3) is 10.0 Å². The normalized spacial score (nSPS) is 24.2. The minimum atomic E-state index is -3.88. The van der Waals surface area contributed by atoms with E-state index in [9.17, 15) is 8.42 Å². The maximum atomic E-state index is 13.8. The average Bonchev–Trinajstić information content (AvgIpc) is 3.30. The van der Waals surface area contributed by atoms with E-state index in [4.69, 9.17) is 16.3 Å². The van der Waals surface area contributed by atoms with Crippen molar-refractivity contribution < 1.29 is 13.2 Å². The maximum Gasteiger partial charge on any atom is 0.268 e. The number of pyridine rings is 1. The van der Waals surface area contributed by atoms with Crippen LogP contribution in [0.5, 0.6) is 0 Å². The van der Waals surface area contributed by atoms with Crippen LogP contribution >= 0.6 is 11.6 Å². The van der Waals surface area contributed by atoms with E-state index in [2.05, 4.69) is 4.98 Å². The van der Waals surface area contributed by atoms with Crippen molar-refractivity contribution >= 4 is 32.5 Å². The molecule has 4 aromatic rings. The number of hydrogen-bond donors (Lipinski definition) is 0. The minimum Gasteiger partial charge on any atom is -0.348 e. The molecule has 0 unspecified atom stereocenters. The lowest BCUT2D eigenvalue weighted by Gasteiger charge is -2.26. The van der Waals surface area contributed by atoms with Gasteiger partial charge in [0.2, 0.25) is 0 Å². The second kappa shape index (κ2) is 5.52. The molecule has 0 aliphatic carbocycles. The van der Waals surface area contributed by atoms with E-state index in [0.717, 1.165) is 22.1 Å².